The molecule has 0 radical (unpaired) electrons. The summed E-state index contributed by atoms with van der Waals surface area (Å²) in [5.74, 6) is 1.57. The van der Waals surface area contributed by atoms with Crippen molar-refractivity contribution in [3.8, 4) is 0 Å². The minimum atomic E-state index is -0.0527. The summed E-state index contributed by atoms with van der Waals surface area (Å²) >= 11 is 0. The molecule has 4 aromatic rings. The van der Waals surface area contributed by atoms with Gasteiger partial charge in [-0.2, -0.15) is 5.10 Å². The first kappa shape index (κ1) is 19.7. The van der Waals surface area contributed by atoms with Crippen molar-refractivity contribution in [1.82, 2.24) is 24.6 Å². The molecule has 0 saturated carbocycles. The Bertz CT molecular complexity index is 1180. The quantitative estimate of drug-likeness (QED) is 0.533. The van der Waals surface area contributed by atoms with Crippen molar-refractivity contribution in [1.29, 1.82) is 0 Å². The third-order valence-corrected chi connectivity index (χ3v) is 5.69. The fourth-order valence-electron chi connectivity index (χ4n) is 3.96. The zero-order valence-corrected chi connectivity index (χ0v) is 17.8. The molecule has 1 atom stereocenters. The van der Waals surface area contributed by atoms with Crippen LogP contribution >= 0.6 is 0 Å². The molecule has 1 aliphatic heterocycles. The van der Waals surface area contributed by atoms with Crippen molar-refractivity contribution in [2.24, 2.45) is 7.05 Å². The molecule has 4 heterocycles. The molecular formula is C24H26N6O. The minimum absolute atomic E-state index is 0.0527. The first-order chi connectivity index (χ1) is 15.1. The fourth-order valence-corrected chi connectivity index (χ4v) is 3.96. The maximum absolute atomic E-state index is 6.07. The largest absolute Gasteiger partial charge is 0.369 e. The van der Waals surface area contributed by atoms with Gasteiger partial charge < -0.3 is 10.1 Å². The highest BCUT2D eigenvalue weighted by molar-refractivity contribution is 5.78. The molecule has 0 spiro atoms. The molecule has 0 aliphatic carbocycles. The standard InChI is InChI=1S/C24H26N6O/c1-17-13-24(28-29(17)2)27-23-7-3-6-21(26-23)22-16-30(11-12-31-22)15-18-8-9-20-19(14-18)5-4-10-25-20/h3-10,13-14,22H,11-12,15-16H2,1-2H3,(H,26,27,28)/t22-/m1/s1. The molecule has 158 valence electrons. The molecule has 1 fully saturated rings. The van der Waals surface area contributed by atoms with Gasteiger partial charge in [-0.1, -0.05) is 18.2 Å². The Labute approximate surface area is 181 Å². The number of rotatable bonds is 5. The van der Waals surface area contributed by atoms with Crippen LogP contribution < -0.4 is 5.32 Å². The van der Waals surface area contributed by atoms with E-state index in [0.29, 0.717) is 6.61 Å². The maximum atomic E-state index is 6.07. The minimum Gasteiger partial charge on any atom is -0.369 e. The summed E-state index contributed by atoms with van der Waals surface area (Å²) in [5.41, 5.74) is 4.34. The molecule has 0 unspecified atom stereocenters. The van der Waals surface area contributed by atoms with Crippen molar-refractivity contribution in [3.05, 3.63) is 77.7 Å². The van der Waals surface area contributed by atoms with Crippen molar-refractivity contribution in [3.63, 3.8) is 0 Å². The van der Waals surface area contributed by atoms with Gasteiger partial charge in [0.15, 0.2) is 5.82 Å². The number of nitrogens with zero attached hydrogens (tertiary/aromatic N) is 5. The number of nitrogens with one attached hydrogen (secondary N) is 1. The van der Waals surface area contributed by atoms with E-state index in [-0.39, 0.29) is 6.10 Å². The Hall–Kier alpha value is -3.29. The predicted octanol–water partition coefficient (Wildman–Crippen LogP) is 3.99. The lowest BCUT2D eigenvalue weighted by Crippen LogP contribution is -2.38. The van der Waals surface area contributed by atoms with Gasteiger partial charge in [0.25, 0.3) is 0 Å². The van der Waals surface area contributed by atoms with Gasteiger partial charge in [0.05, 0.1) is 17.8 Å². The molecule has 1 aliphatic rings. The number of pyridine rings is 2. The van der Waals surface area contributed by atoms with Gasteiger partial charge in [0.2, 0.25) is 0 Å². The zero-order valence-electron chi connectivity index (χ0n) is 17.8. The van der Waals surface area contributed by atoms with Crippen LogP contribution in [0.5, 0.6) is 0 Å². The average molecular weight is 415 g/mol. The number of hydrogen-bond acceptors (Lipinski definition) is 6. The summed E-state index contributed by atoms with van der Waals surface area (Å²) in [6.45, 7) is 5.32. The molecular weight excluding hydrogens is 388 g/mol. The molecule has 3 aromatic heterocycles. The Morgan fingerprint density at radius 2 is 2.03 bits per heavy atom. The first-order valence-corrected chi connectivity index (χ1v) is 10.6. The third-order valence-electron chi connectivity index (χ3n) is 5.69. The summed E-state index contributed by atoms with van der Waals surface area (Å²) < 4.78 is 7.91. The lowest BCUT2D eigenvalue weighted by atomic mass is 10.1. The molecule has 0 amide bonds. The Kier molecular flexibility index (Phi) is 5.36. The Balaban J connectivity index is 1.28. The number of anilines is 2. The van der Waals surface area contributed by atoms with Crippen LogP contribution in [0.2, 0.25) is 0 Å². The van der Waals surface area contributed by atoms with Gasteiger partial charge in [-0.05, 0) is 42.8 Å². The van der Waals surface area contributed by atoms with Crippen LogP contribution in [0.25, 0.3) is 10.9 Å². The van der Waals surface area contributed by atoms with E-state index >= 15 is 0 Å². The van der Waals surface area contributed by atoms with Crippen molar-refractivity contribution >= 4 is 22.5 Å². The summed E-state index contributed by atoms with van der Waals surface area (Å²) in [6, 6.07) is 18.6. The van der Waals surface area contributed by atoms with Gasteiger partial charge in [-0.3, -0.25) is 14.6 Å². The van der Waals surface area contributed by atoms with E-state index in [2.05, 4.69) is 44.6 Å². The second-order valence-electron chi connectivity index (χ2n) is 7.99. The predicted molar refractivity (Wildman–Crippen MR) is 121 cm³/mol. The molecule has 0 bridgehead atoms. The van der Waals surface area contributed by atoms with Gasteiger partial charge in [-0.25, -0.2) is 4.98 Å². The van der Waals surface area contributed by atoms with Crippen LogP contribution in [-0.2, 0) is 18.3 Å². The number of fused-ring (bicyclic) bond motifs is 1. The second-order valence-corrected chi connectivity index (χ2v) is 7.99. The summed E-state index contributed by atoms with van der Waals surface area (Å²) in [5, 5.41) is 8.92. The molecule has 1 aromatic carbocycles. The number of hydrogen-bond donors (Lipinski definition) is 1. The van der Waals surface area contributed by atoms with Crippen molar-refractivity contribution in [2.45, 2.75) is 19.6 Å². The van der Waals surface area contributed by atoms with Gasteiger partial charge >= 0.3 is 0 Å². The van der Waals surface area contributed by atoms with Gasteiger partial charge in [0, 0.05) is 50.0 Å². The van der Waals surface area contributed by atoms with Crippen LogP contribution in [0.3, 0.4) is 0 Å². The highest BCUT2D eigenvalue weighted by atomic mass is 16.5. The number of aromatic nitrogens is 4. The topological polar surface area (TPSA) is 68.1 Å². The van der Waals surface area contributed by atoms with E-state index in [4.69, 9.17) is 9.72 Å². The second kappa shape index (κ2) is 8.45. The SMILES string of the molecule is Cc1cc(Nc2cccc([C@H]3CN(Cc4ccc5ncccc5c4)CCO3)n2)nn1C. The monoisotopic (exact) mass is 414 g/mol. The number of morpholine rings is 1. The van der Waals surface area contributed by atoms with Gasteiger partial charge in [-0.15, -0.1) is 0 Å². The lowest BCUT2D eigenvalue weighted by molar-refractivity contribution is -0.0349. The maximum Gasteiger partial charge on any atom is 0.153 e. The molecule has 1 N–H and O–H groups in total. The van der Waals surface area contributed by atoms with E-state index in [0.717, 1.165) is 48.2 Å². The number of ether oxygens (including phenoxy) is 1. The van der Waals surface area contributed by atoms with Crippen LogP contribution in [-0.4, -0.2) is 44.3 Å². The molecule has 7 nitrogen and oxygen atoms in total. The summed E-state index contributed by atoms with van der Waals surface area (Å²) in [7, 11) is 1.93. The van der Waals surface area contributed by atoms with Crippen LogP contribution in [0, 0.1) is 6.92 Å². The van der Waals surface area contributed by atoms with E-state index < -0.39 is 0 Å². The first-order valence-electron chi connectivity index (χ1n) is 10.6. The fraction of sp³-hybridized carbons (Fsp3) is 0.292. The number of benzene rings is 1. The summed E-state index contributed by atoms with van der Waals surface area (Å²) in [6.07, 6.45) is 1.78. The van der Waals surface area contributed by atoms with Crippen LogP contribution in [0.15, 0.2) is 60.8 Å². The van der Waals surface area contributed by atoms with Crippen molar-refractivity contribution in [2.75, 3.05) is 25.0 Å². The highest BCUT2D eigenvalue weighted by Gasteiger charge is 2.23. The van der Waals surface area contributed by atoms with Crippen molar-refractivity contribution < 1.29 is 4.74 Å². The van der Waals surface area contributed by atoms with Crippen LogP contribution in [0.4, 0.5) is 11.6 Å². The zero-order chi connectivity index (χ0) is 21.2. The highest BCUT2D eigenvalue weighted by Crippen LogP contribution is 2.24. The third kappa shape index (κ3) is 4.42. The Morgan fingerprint density at radius 3 is 2.90 bits per heavy atom. The molecule has 1 saturated heterocycles. The van der Waals surface area contributed by atoms with Gasteiger partial charge in [0.1, 0.15) is 11.9 Å². The van der Waals surface area contributed by atoms with E-state index in [9.17, 15) is 0 Å². The number of aryl methyl sites for hydroxylation is 2. The molecule has 7 heteroatoms. The van der Waals surface area contributed by atoms with Crippen LogP contribution in [0.1, 0.15) is 23.1 Å². The van der Waals surface area contributed by atoms with E-state index in [1.54, 1.807) is 0 Å². The molecule has 5 rings (SSSR count). The Morgan fingerprint density at radius 1 is 1.10 bits per heavy atom. The summed E-state index contributed by atoms with van der Waals surface area (Å²) in [4.78, 5) is 11.6. The molecule has 31 heavy (non-hydrogen) atoms. The smallest absolute Gasteiger partial charge is 0.153 e. The lowest BCUT2D eigenvalue weighted by Gasteiger charge is -2.32. The average Bonchev–Trinajstić information content (AvgIpc) is 3.10. The van der Waals surface area contributed by atoms with E-state index in [1.807, 2.05) is 55.2 Å². The normalized spacial score (nSPS) is 17.2. The van der Waals surface area contributed by atoms with E-state index in [1.165, 1.54) is 10.9 Å².